The Bertz CT molecular complexity index is 580. The van der Waals surface area contributed by atoms with Crippen LogP contribution in [0.5, 0.6) is 0 Å². The average molecular weight is 343 g/mol. The first-order valence-electron chi connectivity index (χ1n) is 6.27. The molecule has 2 rings (SSSR count). The Hall–Kier alpha value is -0.840. The number of hydrogen-bond acceptors (Lipinski definition) is 2. The van der Waals surface area contributed by atoms with Gasteiger partial charge in [0.2, 0.25) is 0 Å². The lowest BCUT2D eigenvalue weighted by Crippen LogP contribution is -2.18. The Morgan fingerprint density at radius 1 is 1.47 bits per heavy atom. The van der Waals surface area contributed by atoms with Gasteiger partial charge in [0, 0.05) is 11.6 Å². The van der Waals surface area contributed by atoms with E-state index in [0.29, 0.717) is 0 Å². The molecule has 102 valence electrons. The van der Waals surface area contributed by atoms with Gasteiger partial charge in [-0.15, -0.1) is 0 Å². The number of halogens is 2. The van der Waals surface area contributed by atoms with Crippen molar-refractivity contribution in [2.75, 3.05) is 0 Å². The summed E-state index contributed by atoms with van der Waals surface area (Å²) in [5.41, 5.74) is 9.40. The first-order valence-corrected chi connectivity index (χ1v) is 7.44. The zero-order valence-corrected chi connectivity index (χ0v) is 13.4. The summed E-state index contributed by atoms with van der Waals surface area (Å²) in [6.45, 7) is 4.96. The van der Waals surface area contributed by atoms with E-state index in [4.69, 9.17) is 17.3 Å². The summed E-state index contributed by atoms with van der Waals surface area (Å²) >= 11 is 9.69. The van der Waals surface area contributed by atoms with Gasteiger partial charge in [-0.25, -0.2) is 0 Å². The Labute approximate surface area is 126 Å². The third kappa shape index (κ3) is 3.02. The van der Waals surface area contributed by atoms with Gasteiger partial charge in [0.15, 0.2) is 0 Å². The molecule has 0 bridgehead atoms. The highest BCUT2D eigenvalue weighted by Crippen LogP contribution is 2.29. The van der Waals surface area contributed by atoms with Crippen molar-refractivity contribution >= 4 is 27.5 Å². The highest BCUT2D eigenvalue weighted by molar-refractivity contribution is 9.10. The normalized spacial score (nSPS) is 12.7. The third-order valence-electron chi connectivity index (χ3n) is 3.12. The molecule has 0 spiro atoms. The lowest BCUT2D eigenvalue weighted by Gasteiger charge is -2.16. The second-order valence-corrected chi connectivity index (χ2v) is 5.85. The van der Waals surface area contributed by atoms with Crippen molar-refractivity contribution in [3.63, 3.8) is 0 Å². The topological polar surface area (TPSA) is 43.8 Å². The zero-order chi connectivity index (χ0) is 14.0. The molecule has 0 aliphatic carbocycles. The fourth-order valence-corrected chi connectivity index (χ4v) is 2.76. The van der Waals surface area contributed by atoms with Gasteiger partial charge in [-0.05, 0) is 46.5 Å². The van der Waals surface area contributed by atoms with Crippen molar-refractivity contribution in [3.05, 3.63) is 50.7 Å². The van der Waals surface area contributed by atoms with Gasteiger partial charge < -0.3 is 5.73 Å². The SMILES string of the molecule is CCCn1ncc(Br)c1C(N)c1ccc(C)c(Cl)c1. The van der Waals surface area contributed by atoms with Crippen LogP contribution in [0.2, 0.25) is 5.02 Å². The second-order valence-electron chi connectivity index (χ2n) is 4.59. The molecule has 1 aromatic carbocycles. The van der Waals surface area contributed by atoms with E-state index in [0.717, 1.165) is 39.3 Å². The van der Waals surface area contributed by atoms with Crippen molar-refractivity contribution in [2.24, 2.45) is 5.73 Å². The molecular formula is C14H17BrClN3. The average Bonchev–Trinajstić information content (AvgIpc) is 2.74. The van der Waals surface area contributed by atoms with Crippen LogP contribution >= 0.6 is 27.5 Å². The molecule has 1 aromatic heterocycles. The van der Waals surface area contributed by atoms with Crippen molar-refractivity contribution in [1.82, 2.24) is 9.78 Å². The number of nitrogens with zero attached hydrogens (tertiary/aromatic N) is 2. The standard InChI is InChI=1S/C14H17BrClN3/c1-3-6-19-14(11(15)8-18-19)13(17)10-5-4-9(2)12(16)7-10/h4-5,7-8,13H,3,6,17H2,1-2H3. The zero-order valence-electron chi connectivity index (χ0n) is 11.0. The lowest BCUT2D eigenvalue weighted by atomic mass is 10.0. The maximum absolute atomic E-state index is 6.36. The summed E-state index contributed by atoms with van der Waals surface area (Å²) < 4.78 is 2.88. The molecule has 19 heavy (non-hydrogen) atoms. The number of benzene rings is 1. The van der Waals surface area contributed by atoms with Crippen LogP contribution in [0.25, 0.3) is 0 Å². The Morgan fingerprint density at radius 2 is 2.21 bits per heavy atom. The van der Waals surface area contributed by atoms with Gasteiger partial charge in [-0.3, -0.25) is 4.68 Å². The monoisotopic (exact) mass is 341 g/mol. The second kappa shape index (κ2) is 6.07. The van der Waals surface area contributed by atoms with Crippen LogP contribution < -0.4 is 5.73 Å². The fraction of sp³-hybridized carbons (Fsp3) is 0.357. The van der Waals surface area contributed by atoms with E-state index in [1.807, 2.05) is 29.8 Å². The predicted octanol–water partition coefficient (Wildman–Crippen LogP) is 4.07. The van der Waals surface area contributed by atoms with Crippen LogP contribution in [-0.2, 0) is 6.54 Å². The van der Waals surface area contributed by atoms with E-state index in [-0.39, 0.29) is 6.04 Å². The minimum atomic E-state index is -0.235. The summed E-state index contributed by atoms with van der Waals surface area (Å²) in [7, 11) is 0. The van der Waals surface area contributed by atoms with Gasteiger partial charge in [0.1, 0.15) is 0 Å². The summed E-state index contributed by atoms with van der Waals surface area (Å²) in [5, 5.41) is 5.09. The van der Waals surface area contributed by atoms with E-state index in [1.54, 1.807) is 6.20 Å². The molecule has 1 unspecified atom stereocenters. The van der Waals surface area contributed by atoms with E-state index >= 15 is 0 Å². The largest absolute Gasteiger partial charge is 0.319 e. The Morgan fingerprint density at radius 3 is 2.84 bits per heavy atom. The maximum Gasteiger partial charge on any atom is 0.0738 e. The van der Waals surface area contributed by atoms with E-state index in [2.05, 4.69) is 28.0 Å². The molecular weight excluding hydrogens is 326 g/mol. The van der Waals surface area contributed by atoms with E-state index in [1.165, 1.54) is 0 Å². The predicted molar refractivity (Wildman–Crippen MR) is 82.4 cm³/mol. The molecule has 0 fully saturated rings. The molecule has 1 heterocycles. The van der Waals surface area contributed by atoms with Crippen molar-refractivity contribution < 1.29 is 0 Å². The van der Waals surface area contributed by atoms with E-state index < -0.39 is 0 Å². The molecule has 1 atom stereocenters. The van der Waals surface area contributed by atoms with Crippen LogP contribution in [0.4, 0.5) is 0 Å². The highest BCUT2D eigenvalue weighted by Gasteiger charge is 2.18. The van der Waals surface area contributed by atoms with Crippen LogP contribution in [0, 0.1) is 6.92 Å². The first-order chi connectivity index (χ1) is 9.04. The van der Waals surface area contributed by atoms with Gasteiger partial charge in [0.25, 0.3) is 0 Å². The number of rotatable bonds is 4. The Balaban J connectivity index is 2.40. The Kier molecular flexibility index (Phi) is 4.66. The molecule has 2 N–H and O–H groups in total. The molecule has 2 aromatic rings. The van der Waals surface area contributed by atoms with Crippen molar-refractivity contribution in [3.8, 4) is 0 Å². The van der Waals surface area contributed by atoms with Gasteiger partial charge in [-0.1, -0.05) is 30.7 Å². The number of aryl methyl sites for hydroxylation is 2. The molecule has 0 aliphatic heterocycles. The first kappa shape index (κ1) is 14.6. The number of nitrogens with two attached hydrogens (primary N) is 1. The maximum atomic E-state index is 6.36. The molecule has 0 saturated carbocycles. The van der Waals surface area contributed by atoms with Crippen LogP contribution in [0.3, 0.4) is 0 Å². The van der Waals surface area contributed by atoms with Gasteiger partial charge >= 0.3 is 0 Å². The number of hydrogen-bond donors (Lipinski definition) is 1. The summed E-state index contributed by atoms with van der Waals surface area (Å²) in [4.78, 5) is 0. The fourth-order valence-electron chi connectivity index (χ4n) is 2.03. The van der Waals surface area contributed by atoms with Gasteiger partial charge in [0.05, 0.1) is 22.4 Å². The molecule has 0 aliphatic rings. The highest BCUT2D eigenvalue weighted by atomic mass is 79.9. The molecule has 5 heteroatoms. The van der Waals surface area contributed by atoms with Crippen LogP contribution in [-0.4, -0.2) is 9.78 Å². The molecule has 3 nitrogen and oxygen atoms in total. The van der Waals surface area contributed by atoms with Crippen LogP contribution in [0.1, 0.15) is 36.2 Å². The molecule has 0 radical (unpaired) electrons. The quantitative estimate of drug-likeness (QED) is 0.910. The lowest BCUT2D eigenvalue weighted by molar-refractivity contribution is 0.559. The molecule has 0 saturated heterocycles. The summed E-state index contributed by atoms with van der Waals surface area (Å²) in [5.74, 6) is 0. The van der Waals surface area contributed by atoms with Gasteiger partial charge in [-0.2, -0.15) is 5.10 Å². The van der Waals surface area contributed by atoms with Crippen LogP contribution in [0.15, 0.2) is 28.9 Å². The van der Waals surface area contributed by atoms with Crippen molar-refractivity contribution in [2.45, 2.75) is 32.9 Å². The minimum absolute atomic E-state index is 0.235. The van der Waals surface area contributed by atoms with E-state index in [9.17, 15) is 0 Å². The minimum Gasteiger partial charge on any atom is -0.319 e. The summed E-state index contributed by atoms with van der Waals surface area (Å²) in [6.07, 6.45) is 2.81. The smallest absolute Gasteiger partial charge is 0.0738 e. The molecule has 0 amide bonds. The van der Waals surface area contributed by atoms with Crippen molar-refractivity contribution in [1.29, 1.82) is 0 Å². The number of aromatic nitrogens is 2. The summed E-state index contributed by atoms with van der Waals surface area (Å²) in [6, 6.07) is 5.70. The third-order valence-corrected chi connectivity index (χ3v) is 4.14.